The number of imide groups is 1. The van der Waals surface area contributed by atoms with E-state index in [2.05, 4.69) is 26.2 Å². The molecule has 7 rings (SSSR count). The maximum Gasteiger partial charge on any atom is 0.305 e. The van der Waals surface area contributed by atoms with E-state index in [1.54, 1.807) is 23.9 Å². The number of rotatable bonds is 9. The van der Waals surface area contributed by atoms with Crippen molar-refractivity contribution in [3.8, 4) is 5.75 Å². The van der Waals surface area contributed by atoms with Gasteiger partial charge in [0.1, 0.15) is 11.6 Å². The number of thiazole rings is 1. The number of benzene rings is 2. The predicted molar refractivity (Wildman–Crippen MR) is 167 cm³/mol. The summed E-state index contributed by atoms with van der Waals surface area (Å²) in [6, 6.07) is 10.9. The molecule has 45 heavy (non-hydrogen) atoms. The summed E-state index contributed by atoms with van der Waals surface area (Å²) in [6.45, 7) is -0.223. The zero-order chi connectivity index (χ0) is 31.6. The van der Waals surface area contributed by atoms with Gasteiger partial charge in [0.05, 0.1) is 16.9 Å². The largest absolute Gasteiger partial charge is 0.483 e. The van der Waals surface area contributed by atoms with Crippen LogP contribution in [0.1, 0.15) is 35.6 Å². The van der Waals surface area contributed by atoms with E-state index < -0.39 is 29.5 Å². The maximum atomic E-state index is 13.7. The van der Waals surface area contributed by atoms with Crippen molar-refractivity contribution in [2.45, 2.75) is 35.5 Å². The highest BCUT2D eigenvalue weighted by atomic mass is 79.9. The summed E-state index contributed by atoms with van der Waals surface area (Å²) in [5.74, 6) is -3.38. The highest BCUT2D eigenvalue weighted by Crippen LogP contribution is 2.69. The lowest BCUT2D eigenvalue weighted by Crippen LogP contribution is -2.42. The first kappa shape index (κ1) is 30.2. The molecule has 3 fully saturated rings. The molecular weight excluding hydrogens is 689 g/mol. The van der Waals surface area contributed by atoms with E-state index >= 15 is 0 Å². The summed E-state index contributed by atoms with van der Waals surface area (Å²) >= 11 is 6.26. The number of carboxylic acid groups (broad SMARTS) is 1. The Labute approximate surface area is 272 Å². The lowest BCUT2D eigenvalue weighted by atomic mass is 9.68. The van der Waals surface area contributed by atoms with Crippen molar-refractivity contribution >= 4 is 68.4 Å². The molecule has 0 spiro atoms. The van der Waals surface area contributed by atoms with E-state index in [1.165, 1.54) is 29.2 Å². The lowest BCUT2D eigenvalue weighted by Gasteiger charge is -2.43. The molecule has 3 heterocycles. The number of ether oxygens (including phenoxy) is 1. The van der Waals surface area contributed by atoms with Crippen LogP contribution >= 0.6 is 39.0 Å². The second-order valence-electron chi connectivity index (χ2n) is 11.8. The maximum absolute atomic E-state index is 13.7. The summed E-state index contributed by atoms with van der Waals surface area (Å²) in [4.78, 5) is 68.6. The first-order valence-corrected chi connectivity index (χ1v) is 17.0. The average Bonchev–Trinajstić information content (AvgIpc) is 3.73. The van der Waals surface area contributed by atoms with Gasteiger partial charge in [0, 0.05) is 44.7 Å². The van der Waals surface area contributed by atoms with E-state index in [-0.39, 0.29) is 71.6 Å². The lowest BCUT2D eigenvalue weighted by molar-refractivity contribution is -0.142. The second kappa shape index (κ2) is 11.7. The fourth-order valence-corrected chi connectivity index (χ4v) is 11.1. The Morgan fingerprint density at radius 1 is 1.09 bits per heavy atom. The van der Waals surface area contributed by atoms with Gasteiger partial charge in [-0.2, -0.15) is 0 Å². The van der Waals surface area contributed by atoms with Gasteiger partial charge in [-0.25, -0.2) is 4.39 Å². The number of amides is 3. The highest BCUT2D eigenvalue weighted by Gasteiger charge is 2.69. The second-order valence-corrected chi connectivity index (χ2v) is 14.9. The van der Waals surface area contributed by atoms with Crippen LogP contribution in [-0.2, 0) is 19.2 Å². The van der Waals surface area contributed by atoms with Gasteiger partial charge in [-0.3, -0.25) is 28.9 Å². The molecule has 2 aromatic carbocycles. The fraction of sp³-hybridized carbons (Fsp3) is 0.387. The van der Waals surface area contributed by atoms with Crippen LogP contribution in [0.3, 0.4) is 0 Å². The zero-order valence-electron chi connectivity index (χ0n) is 23.5. The fourth-order valence-electron chi connectivity index (χ4n) is 7.80. The van der Waals surface area contributed by atoms with Crippen LogP contribution < -0.4 is 14.9 Å². The molecule has 14 heteroatoms. The zero-order valence-corrected chi connectivity index (χ0v) is 26.8. The summed E-state index contributed by atoms with van der Waals surface area (Å²) < 4.78 is 20.1. The Bertz CT molecular complexity index is 1780. The molecule has 10 nitrogen and oxygen atoms in total. The monoisotopic (exact) mass is 715 g/mol. The molecule has 2 aliphatic carbocycles. The van der Waals surface area contributed by atoms with Gasteiger partial charge < -0.3 is 20.1 Å². The number of nitrogens with one attached hydrogen (secondary N) is 2. The molecule has 6 unspecified atom stereocenters. The Balaban J connectivity index is 1.20. The molecule has 1 saturated heterocycles. The summed E-state index contributed by atoms with van der Waals surface area (Å²) in [6.07, 6.45) is 0.791. The number of aromatic amines is 1. The molecule has 2 saturated carbocycles. The minimum Gasteiger partial charge on any atom is -0.483 e. The number of carboxylic acids is 1. The first-order valence-electron chi connectivity index (χ1n) is 14.5. The first-order chi connectivity index (χ1) is 21.6. The molecule has 1 aromatic heterocycles. The Morgan fingerprint density at radius 2 is 1.82 bits per heavy atom. The Morgan fingerprint density at radius 3 is 2.56 bits per heavy atom. The molecule has 3 N–H and O–H groups in total. The Hall–Kier alpha value is -3.49. The van der Waals surface area contributed by atoms with E-state index in [9.17, 15) is 28.4 Å². The van der Waals surface area contributed by atoms with Crippen molar-refractivity contribution in [3.63, 3.8) is 0 Å². The van der Waals surface area contributed by atoms with Crippen LogP contribution in [0.25, 0.3) is 0 Å². The van der Waals surface area contributed by atoms with Crippen molar-refractivity contribution in [1.29, 1.82) is 0 Å². The standard InChI is InChI=1S/C31H27BrFN3O7S2/c32-13-3-8-19(43-12-20(37)34-15-6-4-14(33)5-7-15)16(10-13)22-23-17-11-18(26(23)44-28-27(22)45-31(42)35-28)25-24(17)29(40)36(30(25)41)9-1-2-21(38)39/h3-8,10,17-18,22-26H,1-2,9,11-12H2,(H,34,37)(H,35,42)(H,38,39)/t17?,18?,22-,23?,24?,25?,26?/m1/s1. The van der Waals surface area contributed by atoms with Gasteiger partial charge in [-0.05, 0) is 73.1 Å². The molecule has 3 aromatic rings. The van der Waals surface area contributed by atoms with Crippen molar-refractivity contribution in [2.24, 2.45) is 29.6 Å². The molecule has 3 amide bonds. The number of H-pyrrole nitrogens is 1. The minimum atomic E-state index is -0.972. The number of hydrogen-bond donors (Lipinski definition) is 3. The minimum absolute atomic E-state index is 0.0386. The third-order valence-electron chi connectivity index (χ3n) is 9.38. The van der Waals surface area contributed by atoms with Gasteiger partial charge in [-0.1, -0.05) is 27.3 Å². The number of aliphatic carboxylic acids is 1. The molecule has 4 aliphatic rings. The number of aromatic nitrogens is 1. The molecule has 2 bridgehead atoms. The van der Waals surface area contributed by atoms with Crippen molar-refractivity contribution in [2.75, 3.05) is 18.5 Å². The predicted octanol–water partition coefficient (Wildman–Crippen LogP) is 4.69. The average molecular weight is 717 g/mol. The smallest absolute Gasteiger partial charge is 0.305 e. The van der Waals surface area contributed by atoms with Gasteiger partial charge in [-0.15, -0.1) is 11.8 Å². The number of thioether (sulfide) groups is 1. The van der Waals surface area contributed by atoms with Gasteiger partial charge in [0.15, 0.2) is 6.61 Å². The number of carbonyl (C=O) groups is 4. The number of anilines is 1. The van der Waals surface area contributed by atoms with Crippen molar-refractivity contribution in [1.82, 2.24) is 9.88 Å². The summed E-state index contributed by atoms with van der Waals surface area (Å²) in [7, 11) is 0. The number of fused-ring (bicyclic) bond motifs is 9. The topological polar surface area (TPSA) is 146 Å². The van der Waals surface area contributed by atoms with Crippen LogP contribution in [-0.4, -0.2) is 57.1 Å². The van der Waals surface area contributed by atoms with Gasteiger partial charge in [0.2, 0.25) is 11.8 Å². The quantitative estimate of drug-likeness (QED) is 0.271. The molecule has 7 atom stereocenters. The number of likely N-dealkylation sites (tertiary alicyclic amines) is 1. The van der Waals surface area contributed by atoms with Gasteiger partial charge >= 0.3 is 10.8 Å². The molecule has 0 radical (unpaired) electrons. The van der Waals surface area contributed by atoms with Gasteiger partial charge in [0.25, 0.3) is 5.91 Å². The summed E-state index contributed by atoms with van der Waals surface area (Å²) in [5.41, 5.74) is 1.20. The normalized spacial score (nSPS) is 27.7. The number of nitrogens with zero attached hydrogens (tertiary/aromatic N) is 1. The van der Waals surface area contributed by atoms with E-state index in [0.717, 1.165) is 31.3 Å². The van der Waals surface area contributed by atoms with E-state index in [4.69, 9.17) is 9.84 Å². The highest BCUT2D eigenvalue weighted by molar-refractivity contribution is 9.10. The third-order valence-corrected chi connectivity index (χ3v) is 12.5. The van der Waals surface area contributed by atoms with Crippen LogP contribution in [0.2, 0.25) is 0 Å². The number of hydrogen-bond acceptors (Lipinski definition) is 8. The van der Waals surface area contributed by atoms with Crippen LogP contribution in [0.15, 0.2) is 56.8 Å². The van der Waals surface area contributed by atoms with Crippen molar-refractivity contribution < 1.29 is 33.4 Å². The van der Waals surface area contributed by atoms with E-state index in [0.29, 0.717) is 17.9 Å². The Kier molecular flexibility index (Phi) is 7.85. The molecule has 2 aliphatic heterocycles. The van der Waals surface area contributed by atoms with E-state index in [1.807, 2.05) is 6.07 Å². The van der Waals surface area contributed by atoms with Crippen LogP contribution in [0, 0.1) is 35.4 Å². The van der Waals surface area contributed by atoms with Crippen LogP contribution in [0.5, 0.6) is 5.75 Å². The van der Waals surface area contributed by atoms with Crippen LogP contribution in [0.4, 0.5) is 10.1 Å². The number of halogens is 2. The van der Waals surface area contributed by atoms with Crippen molar-refractivity contribution in [3.05, 3.63) is 72.9 Å². The molecule has 234 valence electrons. The SMILES string of the molecule is O=C(O)CCCN1C(=O)C2C3CC(C2C1=O)C1C3Sc2[nH]c(=O)sc2[C@@H]1c1cc(Br)ccc1OCC(=O)Nc1ccc(F)cc1. The summed E-state index contributed by atoms with van der Waals surface area (Å²) in [5, 5.41) is 12.5. The number of carbonyl (C=O) groups excluding carboxylic acids is 3. The molecular formula is C31H27BrFN3O7S2. The third kappa shape index (κ3) is 5.30.